The summed E-state index contributed by atoms with van der Waals surface area (Å²) in [4.78, 5) is 1.28. The molecular formula is C13H11BrClNO2S. The van der Waals surface area contributed by atoms with Crippen molar-refractivity contribution in [2.45, 2.75) is 13.1 Å². The number of halogens is 2. The molecule has 1 aromatic carbocycles. The van der Waals surface area contributed by atoms with Crippen LogP contribution in [0.3, 0.4) is 0 Å². The highest BCUT2D eigenvalue weighted by Crippen LogP contribution is 2.39. The van der Waals surface area contributed by atoms with Gasteiger partial charge in [-0.1, -0.05) is 11.6 Å². The smallest absolute Gasteiger partial charge is 0.231 e. The van der Waals surface area contributed by atoms with Gasteiger partial charge in [-0.2, -0.15) is 0 Å². The van der Waals surface area contributed by atoms with Crippen LogP contribution in [0.15, 0.2) is 28.1 Å². The van der Waals surface area contributed by atoms with Crippen LogP contribution >= 0.6 is 38.9 Å². The van der Waals surface area contributed by atoms with E-state index in [4.69, 9.17) is 21.1 Å². The molecule has 0 bridgehead atoms. The van der Waals surface area contributed by atoms with Crippen LogP contribution in [0.4, 0.5) is 0 Å². The zero-order valence-corrected chi connectivity index (χ0v) is 13.1. The summed E-state index contributed by atoms with van der Waals surface area (Å²) in [5.41, 5.74) is 1.09. The Labute approximate surface area is 128 Å². The van der Waals surface area contributed by atoms with E-state index in [0.717, 1.165) is 28.9 Å². The molecule has 1 aliphatic heterocycles. The van der Waals surface area contributed by atoms with Crippen molar-refractivity contribution in [1.29, 1.82) is 0 Å². The molecule has 0 saturated heterocycles. The summed E-state index contributed by atoms with van der Waals surface area (Å²) in [7, 11) is 0. The van der Waals surface area contributed by atoms with Gasteiger partial charge >= 0.3 is 0 Å². The summed E-state index contributed by atoms with van der Waals surface area (Å²) in [5, 5.41) is 6.06. The van der Waals surface area contributed by atoms with Crippen molar-refractivity contribution in [2.24, 2.45) is 0 Å². The van der Waals surface area contributed by atoms with Crippen LogP contribution < -0.4 is 14.8 Å². The lowest BCUT2D eigenvalue weighted by Gasteiger charge is -2.06. The van der Waals surface area contributed by atoms with Gasteiger partial charge in [0.25, 0.3) is 0 Å². The lowest BCUT2D eigenvalue weighted by molar-refractivity contribution is 0.174. The second kappa shape index (κ2) is 5.71. The minimum absolute atomic E-state index is 0.244. The number of hydrogen-bond donors (Lipinski definition) is 1. The predicted molar refractivity (Wildman–Crippen MR) is 80.1 cm³/mol. The number of benzene rings is 1. The molecule has 0 fully saturated rings. The average molecular weight is 361 g/mol. The molecule has 1 aromatic heterocycles. The molecule has 1 N–H and O–H groups in total. The van der Waals surface area contributed by atoms with Gasteiger partial charge in [-0.3, -0.25) is 0 Å². The van der Waals surface area contributed by atoms with E-state index in [1.165, 1.54) is 4.88 Å². The zero-order chi connectivity index (χ0) is 13.2. The maximum atomic E-state index is 6.14. The number of hydrogen-bond acceptors (Lipinski definition) is 4. The van der Waals surface area contributed by atoms with Crippen LogP contribution in [0.1, 0.15) is 10.4 Å². The number of rotatable bonds is 4. The van der Waals surface area contributed by atoms with E-state index in [1.54, 1.807) is 11.3 Å². The lowest BCUT2D eigenvalue weighted by Crippen LogP contribution is -2.12. The molecule has 3 nitrogen and oxygen atoms in total. The third kappa shape index (κ3) is 2.89. The quantitative estimate of drug-likeness (QED) is 0.887. The average Bonchev–Trinajstić information content (AvgIpc) is 2.99. The molecule has 1 aliphatic rings. The molecule has 0 radical (unpaired) electrons. The fraction of sp³-hybridized carbons (Fsp3) is 0.231. The Morgan fingerprint density at radius 2 is 2.21 bits per heavy atom. The Morgan fingerprint density at radius 1 is 1.32 bits per heavy atom. The summed E-state index contributed by atoms with van der Waals surface area (Å²) >= 11 is 11.4. The van der Waals surface area contributed by atoms with E-state index in [-0.39, 0.29) is 6.79 Å². The first-order valence-corrected chi connectivity index (χ1v) is 7.79. The minimum atomic E-state index is 0.244. The Balaban J connectivity index is 1.65. The van der Waals surface area contributed by atoms with E-state index in [0.29, 0.717) is 10.8 Å². The summed E-state index contributed by atoms with van der Waals surface area (Å²) < 4.78 is 11.8. The van der Waals surface area contributed by atoms with Crippen molar-refractivity contribution >= 4 is 38.9 Å². The van der Waals surface area contributed by atoms with Crippen molar-refractivity contribution < 1.29 is 9.47 Å². The fourth-order valence-corrected chi connectivity index (χ4v) is 3.64. The third-order valence-electron chi connectivity index (χ3n) is 2.79. The molecule has 19 heavy (non-hydrogen) atoms. The molecule has 2 aromatic rings. The Hall–Kier alpha value is -0.750. The molecular weight excluding hydrogens is 350 g/mol. The molecule has 2 heterocycles. The summed E-state index contributed by atoms with van der Waals surface area (Å²) in [6, 6.07) is 5.93. The second-order valence-corrected chi connectivity index (χ2v) is 6.37. The Kier molecular flexibility index (Phi) is 3.98. The van der Waals surface area contributed by atoms with Crippen molar-refractivity contribution in [2.75, 3.05) is 6.79 Å². The standard InChI is InChI=1S/C13H11BrClNO2S/c14-9-1-2-19-12(9)6-16-5-8-3-10(15)13-11(4-8)17-7-18-13/h1-4,16H,5-7H2. The number of ether oxygens (including phenoxy) is 2. The van der Waals surface area contributed by atoms with E-state index in [2.05, 4.69) is 32.7 Å². The van der Waals surface area contributed by atoms with E-state index in [1.807, 2.05) is 12.1 Å². The van der Waals surface area contributed by atoms with Gasteiger partial charge < -0.3 is 14.8 Å². The Bertz CT molecular complexity index is 602. The van der Waals surface area contributed by atoms with Crippen molar-refractivity contribution in [3.05, 3.63) is 43.5 Å². The molecule has 0 saturated carbocycles. The number of nitrogens with one attached hydrogen (secondary N) is 1. The van der Waals surface area contributed by atoms with Gasteiger partial charge in [-0.15, -0.1) is 11.3 Å². The molecule has 0 amide bonds. The van der Waals surface area contributed by atoms with Gasteiger partial charge in [0.15, 0.2) is 11.5 Å². The first-order chi connectivity index (χ1) is 9.24. The maximum absolute atomic E-state index is 6.14. The van der Waals surface area contributed by atoms with Crippen LogP contribution in [-0.2, 0) is 13.1 Å². The Morgan fingerprint density at radius 3 is 3.00 bits per heavy atom. The molecule has 100 valence electrons. The monoisotopic (exact) mass is 359 g/mol. The largest absolute Gasteiger partial charge is 0.454 e. The molecule has 3 rings (SSSR count). The molecule has 6 heteroatoms. The van der Waals surface area contributed by atoms with E-state index < -0.39 is 0 Å². The van der Waals surface area contributed by atoms with Crippen LogP contribution in [0.25, 0.3) is 0 Å². The highest BCUT2D eigenvalue weighted by molar-refractivity contribution is 9.10. The molecule has 0 spiro atoms. The SMILES string of the molecule is Clc1cc(CNCc2sccc2Br)cc2c1OCO2. The molecule has 0 aliphatic carbocycles. The summed E-state index contributed by atoms with van der Waals surface area (Å²) in [5.74, 6) is 1.37. The number of fused-ring (bicyclic) bond motifs is 1. The normalized spacial score (nSPS) is 12.9. The summed E-state index contributed by atoms with van der Waals surface area (Å²) in [6.07, 6.45) is 0. The van der Waals surface area contributed by atoms with E-state index in [9.17, 15) is 0 Å². The van der Waals surface area contributed by atoms with Crippen LogP contribution in [-0.4, -0.2) is 6.79 Å². The minimum Gasteiger partial charge on any atom is -0.454 e. The van der Waals surface area contributed by atoms with Crippen LogP contribution in [0.2, 0.25) is 5.02 Å². The second-order valence-electron chi connectivity index (χ2n) is 4.11. The van der Waals surface area contributed by atoms with Crippen LogP contribution in [0, 0.1) is 0 Å². The van der Waals surface area contributed by atoms with Gasteiger partial charge in [-0.05, 0) is 45.1 Å². The van der Waals surface area contributed by atoms with Gasteiger partial charge in [0.1, 0.15) is 0 Å². The van der Waals surface area contributed by atoms with Gasteiger partial charge in [-0.25, -0.2) is 0 Å². The zero-order valence-electron chi connectivity index (χ0n) is 9.91. The third-order valence-corrected chi connectivity index (χ3v) is 5.00. The van der Waals surface area contributed by atoms with Crippen molar-refractivity contribution in [1.82, 2.24) is 5.32 Å². The predicted octanol–water partition coefficient (Wildman–Crippen LogP) is 4.18. The van der Waals surface area contributed by atoms with Gasteiger partial charge in [0.2, 0.25) is 6.79 Å². The lowest BCUT2D eigenvalue weighted by atomic mass is 10.2. The van der Waals surface area contributed by atoms with Gasteiger partial charge in [0, 0.05) is 22.4 Å². The highest BCUT2D eigenvalue weighted by atomic mass is 79.9. The van der Waals surface area contributed by atoms with E-state index >= 15 is 0 Å². The molecule has 0 atom stereocenters. The van der Waals surface area contributed by atoms with Crippen molar-refractivity contribution in [3.8, 4) is 11.5 Å². The maximum Gasteiger partial charge on any atom is 0.231 e. The number of thiophene rings is 1. The topological polar surface area (TPSA) is 30.5 Å². The first-order valence-electron chi connectivity index (χ1n) is 5.74. The highest BCUT2D eigenvalue weighted by Gasteiger charge is 2.18. The fourth-order valence-electron chi connectivity index (χ4n) is 1.89. The van der Waals surface area contributed by atoms with Gasteiger partial charge in [0.05, 0.1) is 5.02 Å². The van der Waals surface area contributed by atoms with Crippen LogP contribution in [0.5, 0.6) is 11.5 Å². The van der Waals surface area contributed by atoms with Crippen molar-refractivity contribution in [3.63, 3.8) is 0 Å². The molecule has 0 unspecified atom stereocenters. The first kappa shape index (κ1) is 13.2. The summed E-state index contributed by atoms with van der Waals surface area (Å²) in [6.45, 7) is 1.80.